The third-order valence-corrected chi connectivity index (χ3v) is 3.80. The van der Waals surface area contributed by atoms with Crippen LogP contribution in [0.1, 0.15) is 11.1 Å². The highest BCUT2D eigenvalue weighted by Crippen LogP contribution is 2.28. The molecule has 0 N–H and O–H groups in total. The van der Waals surface area contributed by atoms with Gasteiger partial charge in [-0.1, -0.05) is 42.0 Å². The van der Waals surface area contributed by atoms with E-state index in [4.69, 9.17) is 9.15 Å². The van der Waals surface area contributed by atoms with Crippen LogP contribution in [0.4, 0.5) is 0 Å². The third-order valence-electron chi connectivity index (χ3n) is 3.80. The van der Waals surface area contributed by atoms with E-state index in [1.807, 2.05) is 49.4 Å². The topological polar surface area (TPSA) is 63.2 Å². The van der Waals surface area contributed by atoms with E-state index in [1.54, 1.807) is 25.3 Å². The number of benzene rings is 2. The van der Waals surface area contributed by atoms with Crippen LogP contribution in [-0.4, -0.2) is 7.11 Å². The van der Waals surface area contributed by atoms with Crippen molar-refractivity contribution in [3.63, 3.8) is 0 Å². The molecule has 3 rings (SSSR count). The van der Waals surface area contributed by atoms with Crippen LogP contribution in [0.5, 0.6) is 5.75 Å². The van der Waals surface area contributed by atoms with Crippen LogP contribution in [0.3, 0.4) is 0 Å². The fourth-order valence-corrected chi connectivity index (χ4v) is 2.46. The number of hydrogen-bond donors (Lipinski definition) is 0. The van der Waals surface area contributed by atoms with Crippen molar-refractivity contribution in [3.05, 3.63) is 76.1 Å². The van der Waals surface area contributed by atoms with Crippen LogP contribution in [0.15, 0.2) is 63.8 Å². The van der Waals surface area contributed by atoms with E-state index < -0.39 is 5.63 Å². The molecule has 0 spiro atoms. The minimum absolute atomic E-state index is 0.00368. The second kappa shape index (κ2) is 6.43. The average molecular weight is 317 g/mol. The Balaban J connectivity index is 2.18. The number of aryl methyl sites for hydroxylation is 1. The van der Waals surface area contributed by atoms with E-state index in [9.17, 15) is 10.1 Å². The quantitative estimate of drug-likeness (QED) is 0.727. The van der Waals surface area contributed by atoms with E-state index in [0.717, 1.165) is 16.7 Å². The average Bonchev–Trinajstić information content (AvgIpc) is 2.61. The number of ether oxygens (including phenoxy) is 1. The van der Waals surface area contributed by atoms with Crippen molar-refractivity contribution < 1.29 is 9.15 Å². The van der Waals surface area contributed by atoms with Gasteiger partial charge in [0.05, 0.1) is 7.11 Å². The Morgan fingerprint density at radius 3 is 2.21 bits per heavy atom. The minimum atomic E-state index is -0.638. The monoisotopic (exact) mass is 317 g/mol. The normalized spacial score (nSPS) is 10.2. The summed E-state index contributed by atoms with van der Waals surface area (Å²) in [6, 6.07) is 18.5. The second-order valence-electron chi connectivity index (χ2n) is 5.39. The molecule has 3 aromatic rings. The van der Waals surface area contributed by atoms with Crippen LogP contribution >= 0.6 is 0 Å². The standard InChI is InChI=1S/C20H15NO3/c1-13-3-5-15(6-4-13)19-11-17(18(12-21)20(22)24-19)14-7-9-16(23-2)10-8-14/h3-11H,1-2H3. The first-order valence-corrected chi connectivity index (χ1v) is 7.42. The van der Waals surface area contributed by atoms with Crippen molar-refractivity contribution >= 4 is 0 Å². The largest absolute Gasteiger partial charge is 0.497 e. The van der Waals surface area contributed by atoms with Gasteiger partial charge in [0.15, 0.2) is 0 Å². The van der Waals surface area contributed by atoms with E-state index >= 15 is 0 Å². The van der Waals surface area contributed by atoms with Gasteiger partial charge in [-0.3, -0.25) is 0 Å². The first kappa shape index (κ1) is 15.6. The molecule has 24 heavy (non-hydrogen) atoms. The Kier molecular flexibility index (Phi) is 4.17. The maximum atomic E-state index is 12.2. The summed E-state index contributed by atoms with van der Waals surface area (Å²) in [5, 5.41) is 9.32. The van der Waals surface area contributed by atoms with E-state index in [0.29, 0.717) is 17.1 Å². The molecule has 0 atom stereocenters. The predicted octanol–water partition coefficient (Wildman–Crippen LogP) is 4.16. The van der Waals surface area contributed by atoms with Crippen molar-refractivity contribution in [3.8, 4) is 34.3 Å². The Labute approximate surface area is 139 Å². The van der Waals surface area contributed by atoms with Crippen molar-refractivity contribution in [2.45, 2.75) is 6.92 Å². The lowest BCUT2D eigenvalue weighted by Gasteiger charge is -2.08. The van der Waals surface area contributed by atoms with Gasteiger partial charge in [0.25, 0.3) is 0 Å². The molecule has 1 heterocycles. The lowest BCUT2D eigenvalue weighted by atomic mass is 10.00. The fourth-order valence-electron chi connectivity index (χ4n) is 2.46. The van der Waals surface area contributed by atoms with Crippen LogP contribution in [-0.2, 0) is 0 Å². The third kappa shape index (κ3) is 2.92. The van der Waals surface area contributed by atoms with Crippen molar-refractivity contribution in [2.24, 2.45) is 0 Å². The molecule has 118 valence electrons. The van der Waals surface area contributed by atoms with Crippen LogP contribution in [0.2, 0.25) is 0 Å². The fraction of sp³-hybridized carbons (Fsp3) is 0.100. The molecule has 0 bridgehead atoms. The smallest absolute Gasteiger partial charge is 0.354 e. The molecular weight excluding hydrogens is 302 g/mol. The maximum absolute atomic E-state index is 12.2. The van der Waals surface area contributed by atoms with Gasteiger partial charge < -0.3 is 9.15 Å². The van der Waals surface area contributed by atoms with E-state index in [1.165, 1.54) is 0 Å². The number of methoxy groups -OCH3 is 1. The molecule has 4 nitrogen and oxygen atoms in total. The zero-order valence-electron chi connectivity index (χ0n) is 13.4. The summed E-state index contributed by atoms with van der Waals surface area (Å²) in [6.07, 6.45) is 0. The van der Waals surface area contributed by atoms with Gasteiger partial charge in [-0.25, -0.2) is 4.79 Å². The van der Waals surface area contributed by atoms with E-state index in [-0.39, 0.29) is 5.56 Å². The zero-order chi connectivity index (χ0) is 17.1. The van der Waals surface area contributed by atoms with Crippen molar-refractivity contribution in [2.75, 3.05) is 7.11 Å². The summed E-state index contributed by atoms with van der Waals surface area (Å²) in [4.78, 5) is 12.2. The molecule has 0 aliphatic rings. The molecule has 0 aliphatic carbocycles. The number of nitrogens with zero attached hydrogens (tertiary/aromatic N) is 1. The lowest BCUT2D eigenvalue weighted by molar-refractivity contribution is 0.415. The Morgan fingerprint density at radius 1 is 1.00 bits per heavy atom. The highest BCUT2D eigenvalue weighted by Gasteiger charge is 2.14. The number of rotatable bonds is 3. The summed E-state index contributed by atoms with van der Waals surface area (Å²) < 4.78 is 10.5. The van der Waals surface area contributed by atoms with Gasteiger partial charge in [-0.2, -0.15) is 5.26 Å². The summed E-state index contributed by atoms with van der Waals surface area (Å²) in [6.45, 7) is 1.99. The van der Waals surface area contributed by atoms with E-state index in [2.05, 4.69) is 0 Å². The predicted molar refractivity (Wildman–Crippen MR) is 91.9 cm³/mol. The molecule has 2 aromatic carbocycles. The van der Waals surface area contributed by atoms with Crippen molar-refractivity contribution in [1.29, 1.82) is 5.26 Å². The van der Waals surface area contributed by atoms with Gasteiger partial charge in [0, 0.05) is 11.1 Å². The highest BCUT2D eigenvalue weighted by molar-refractivity contribution is 5.74. The van der Waals surface area contributed by atoms with Gasteiger partial charge >= 0.3 is 5.63 Å². The Hall–Kier alpha value is -3.32. The van der Waals surface area contributed by atoms with Gasteiger partial charge in [0.2, 0.25) is 0 Å². The van der Waals surface area contributed by atoms with Gasteiger partial charge in [0.1, 0.15) is 23.1 Å². The van der Waals surface area contributed by atoms with Gasteiger partial charge in [-0.05, 0) is 30.7 Å². The van der Waals surface area contributed by atoms with Crippen LogP contribution < -0.4 is 10.4 Å². The summed E-state index contributed by atoms with van der Waals surface area (Å²) in [7, 11) is 1.59. The molecule has 0 unspecified atom stereocenters. The maximum Gasteiger partial charge on any atom is 0.354 e. The lowest BCUT2D eigenvalue weighted by Crippen LogP contribution is -2.07. The minimum Gasteiger partial charge on any atom is -0.497 e. The molecular formula is C20H15NO3. The molecule has 0 aliphatic heterocycles. The molecule has 4 heteroatoms. The molecule has 0 fully saturated rings. The Morgan fingerprint density at radius 2 is 1.62 bits per heavy atom. The SMILES string of the molecule is COc1ccc(-c2cc(-c3ccc(C)cc3)oc(=O)c2C#N)cc1. The number of nitriles is 1. The summed E-state index contributed by atoms with van der Waals surface area (Å²) >= 11 is 0. The summed E-state index contributed by atoms with van der Waals surface area (Å²) in [5.41, 5.74) is 2.57. The highest BCUT2D eigenvalue weighted by atomic mass is 16.5. The molecule has 0 radical (unpaired) electrons. The molecule has 0 saturated heterocycles. The number of hydrogen-bond acceptors (Lipinski definition) is 4. The molecule has 0 saturated carbocycles. The zero-order valence-corrected chi connectivity index (χ0v) is 13.4. The van der Waals surface area contributed by atoms with Crippen molar-refractivity contribution in [1.82, 2.24) is 0 Å². The Bertz CT molecular complexity index is 962. The van der Waals surface area contributed by atoms with Gasteiger partial charge in [-0.15, -0.1) is 0 Å². The van der Waals surface area contributed by atoms with Crippen LogP contribution in [0.25, 0.3) is 22.5 Å². The molecule has 1 aromatic heterocycles. The molecule has 0 amide bonds. The second-order valence-corrected chi connectivity index (χ2v) is 5.39. The first-order chi connectivity index (χ1) is 11.6. The summed E-state index contributed by atoms with van der Waals surface area (Å²) in [5.74, 6) is 1.14. The van der Waals surface area contributed by atoms with Crippen LogP contribution in [0, 0.1) is 18.3 Å². The first-order valence-electron chi connectivity index (χ1n) is 7.42.